The van der Waals surface area contributed by atoms with Crippen molar-refractivity contribution in [2.45, 2.75) is 64.8 Å². The first-order valence-corrected chi connectivity index (χ1v) is 10.6. The van der Waals surface area contributed by atoms with Gasteiger partial charge in [-0.3, -0.25) is 9.59 Å². The molecule has 0 fully saturated rings. The maximum absolute atomic E-state index is 12.6. The van der Waals surface area contributed by atoms with E-state index in [-0.39, 0.29) is 23.8 Å². The van der Waals surface area contributed by atoms with Gasteiger partial charge in [0, 0.05) is 17.7 Å². The Balaban J connectivity index is 1.68. The number of hydrogen-bond donors (Lipinski definition) is 2. The van der Waals surface area contributed by atoms with Gasteiger partial charge in [-0.2, -0.15) is 0 Å². The number of thiophene rings is 1. The highest BCUT2D eigenvalue weighted by Crippen LogP contribution is 2.33. The van der Waals surface area contributed by atoms with Crippen molar-refractivity contribution in [1.29, 1.82) is 0 Å². The zero-order valence-corrected chi connectivity index (χ0v) is 17.4. The van der Waals surface area contributed by atoms with Crippen LogP contribution in [0.15, 0.2) is 4.79 Å². The van der Waals surface area contributed by atoms with Crippen molar-refractivity contribution in [3.8, 4) is 0 Å². The number of methoxy groups -OCH3 is 1. The smallest absolute Gasteiger partial charge is 0.328 e. The van der Waals surface area contributed by atoms with Gasteiger partial charge in [0.15, 0.2) is 0 Å². The molecule has 3 rings (SSSR count). The first-order chi connectivity index (χ1) is 13.4. The van der Waals surface area contributed by atoms with Gasteiger partial charge in [-0.05, 0) is 43.6 Å². The predicted molar refractivity (Wildman–Crippen MR) is 109 cm³/mol. The number of esters is 1. The number of aromatic nitrogens is 2. The van der Waals surface area contributed by atoms with E-state index in [9.17, 15) is 14.4 Å². The highest BCUT2D eigenvalue weighted by molar-refractivity contribution is 7.18. The fourth-order valence-electron chi connectivity index (χ4n) is 3.65. The number of hydrogen-bond acceptors (Lipinski definition) is 6. The third kappa shape index (κ3) is 4.60. The molecule has 0 saturated carbocycles. The maximum Gasteiger partial charge on any atom is 0.328 e. The fourth-order valence-corrected chi connectivity index (χ4v) is 4.93. The Bertz CT molecular complexity index is 931. The van der Waals surface area contributed by atoms with Crippen LogP contribution in [0.5, 0.6) is 0 Å². The molecular formula is C20H27N3O4S. The first-order valence-electron chi connectivity index (χ1n) is 9.79. The standard InChI is InChI=1S/C20H27N3O4S/c1-11(2)10-13(20(26)27-3)21-16(24)9-8-15-22-18(25)17-12-6-4-5-7-14(12)28-19(17)23-15/h11,13H,4-10H2,1-3H3,(H,21,24)(H,22,23,25). The number of ether oxygens (including phenoxy) is 1. The van der Waals surface area contributed by atoms with E-state index in [4.69, 9.17) is 4.74 Å². The number of rotatable bonds is 7. The lowest BCUT2D eigenvalue weighted by Crippen LogP contribution is -2.42. The molecule has 2 aromatic heterocycles. The van der Waals surface area contributed by atoms with Gasteiger partial charge in [0.1, 0.15) is 16.7 Å². The van der Waals surface area contributed by atoms with E-state index in [1.54, 1.807) is 11.3 Å². The van der Waals surface area contributed by atoms with E-state index in [0.717, 1.165) is 41.5 Å². The minimum atomic E-state index is -0.656. The molecule has 1 atom stereocenters. The van der Waals surface area contributed by atoms with E-state index in [1.165, 1.54) is 12.0 Å². The van der Waals surface area contributed by atoms with Gasteiger partial charge < -0.3 is 15.0 Å². The summed E-state index contributed by atoms with van der Waals surface area (Å²) in [5.41, 5.74) is 1.03. The topological polar surface area (TPSA) is 101 Å². The van der Waals surface area contributed by atoms with E-state index in [0.29, 0.717) is 18.7 Å². The molecule has 7 nitrogen and oxygen atoms in total. The highest BCUT2D eigenvalue weighted by Gasteiger charge is 2.23. The summed E-state index contributed by atoms with van der Waals surface area (Å²) in [5.74, 6) is 0.0443. The molecule has 28 heavy (non-hydrogen) atoms. The van der Waals surface area contributed by atoms with Crippen LogP contribution in [-0.2, 0) is 33.6 Å². The van der Waals surface area contributed by atoms with Gasteiger partial charge in [-0.1, -0.05) is 13.8 Å². The average molecular weight is 406 g/mol. The monoisotopic (exact) mass is 405 g/mol. The number of fused-ring (bicyclic) bond motifs is 3. The normalized spacial score (nSPS) is 14.7. The van der Waals surface area contributed by atoms with Gasteiger partial charge >= 0.3 is 5.97 Å². The Morgan fingerprint density at radius 2 is 2.04 bits per heavy atom. The van der Waals surface area contributed by atoms with Gasteiger partial charge in [0.25, 0.3) is 5.56 Å². The second kappa shape index (κ2) is 8.86. The number of aryl methyl sites for hydroxylation is 3. The molecule has 1 aliphatic rings. The van der Waals surface area contributed by atoms with Crippen LogP contribution in [0.1, 0.15) is 55.8 Å². The Hall–Kier alpha value is -2.22. The molecule has 0 aromatic carbocycles. The molecule has 0 saturated heterocycles. The molecule has 0 bridgehead atoms. The molecule has 2 aromatic rings. The lowest BCUT2D eigenvalue weighted by Gasteiger charge is -2.18. The maximum atomic E-state index is 12.6. The average Bonchev–Trinajstić information content (AvgIpc) is 3.03. The summed E-state index contributed by atoms with van der Waals surface area (Å²) in [5, 5.41) is 3.45. The number of carbonyl (C=O) groups is 2. The molecule has 152 valence electrons. The molecule has 1 unspecified atom stereocenters. The molecule has 1 aliphatic carbocycles. The number of nitrogens with one attached hydrogen (secondary N) is 2. The molecule has 0 spiro atoms. The van der Waals surface area contributed by atoms with Crippen molar-refractivity contribution < 1.29 is 14.3 Å². The number of aromatic amines is 1. The van der Waals surface area contributed by atoms with Crippen molar-refractivity contribution in [1.82, 2.24) is 15.3 Å². The van der Waals surface area contributed by atoms with Crippen molar-refractivity contribution in [2.24, 2.45) is 5.92 Å². The number of carbonyl (C=O) groups excluding carboxylic acids is 2. The summed E-state index contributed by atoms with van der Waals surface area (Å²) in [7, 11) is 1.31. The largest absolute Gasteiger partial charge is 0.467 e. The zero-order chi connectivity index (χ0) is 20.3. The van der Waals surface area contributed by atoms with Crippen molar-refractivity contribution >= 4 is 33.4 Å². The van der Waals surface area contributed by atoms with Crippen molar-refractivity contribution in [2.75, 3.05) is 7.11 Å². The number of amides is 1. The molecular weight excluding hydrogens is 378 g/mol. The van der Waals surface area contributed by atoms with Crippen molar-refractivity contribution in [3.05, 3.63) is 26.6 Å². The van der Waals surface area contributed by atoms with Crippen LogP contribution in [0.2, 0.25) is 0 Å². The summed E-state index contributed by atoms with van der Waals surface area (Å²) < 4.78 is 4.77. The lowest BCUT2D eigenvalue weighted by molar-refractivity contribution is -0.145. The summed E-state index contributed by atoms with van der Waals surface area (Å²) in [6.07, 6.45) is 5.19. The third-order valence-corrected chi connectivity index (χ3v) is 6.18. The van der Waals surface area contributed by atoms with E-state index >= 15 is 0 Å². The number of nitrogens with zero attached hydrogens (tertiary/aromatic N) is 1. The van der Waals surface area contributed by atoms with Crippen LogP contribution in [0.4, 0.5) is 0 Å². The molecule has 1 amide bonds. The Morgan fingerprint density at radius 1 is 1.29 bits per heavy atom. The van der Waals surface area contributed by atoms with Gasteiger partial charge in [0.05, 0.1) is 12.5 Å². The minimum absolute atomic E-state index is 0.118. The Kier molecular flexibility index (Phi) is 6.49. The van der Waals surface area contributed by atoms with Gasteiger partial charge in [0.2, 0.25) is 5.91 Å². The second-order valence-electron chi connectivity index (χ2n) is 7.68. The van der Waals surface area contributed by atoms with Crippen LogP contribution in [0, 0.1) is 5.92 Å². The first kappa shape index (κ1) is 20.5. The van der Waals surface area contributed by atoms with Crippen molar-refractivity contribution in [3.63, 3.8) is 0 Å². The Morgan fingerprint density at radius 3 is 2.75 bits per heavy atom. The molecule has 8 heteroatoms. The van der Waals surface area contributed by atoms with Crippen LogP contribution >= 0.6 is 11.3 Å². The second-order valence-corrected chi connectivity index (χ2v) is 8.76. The summed E-state index contributed by atoms with van der Waals surface area (Å²) >= 11 is 1.59. The SMILES string of the molecule is COC(=O)C(CC(C)C)NC(=O)CCc1nc2sc3c(c2c(=O)[nH]1)CCCC3. The quantitative estimate of drug-likeness (QED) is 0.689. The van der Waals surface area contributed by atoms with Gasteiger partial charge in [-0.15, -0.1) is 11.3 Å². The van der Waals surface area contributed by atoms with Gasteiger partial charge in [-0.25, -0.2) is 9.78 Å². The van der Waals surface area contributed by atoms with E-state index < -0.39 is 12.0 Å². The Labute approximate surface area is 167 Å². The summed E-state index contributed by atoms with van der Waals surface area (Å²) in [6, 6.07) is -0.656. The third-order valence-electron chi connectivity index (χ3n) is 4.99. The molecule has 0 radical (unpaired) electrons. The van der Waals surface area contributed by atoms with Crippen LogP contribution in [0.25, 0.3) is 10.2 Å². The van der Waals surface area contributed by atoms with Crippen LogP contribution in [-0.4, -0.2) is 35.0 Å². The molecule has 2 heterocycles. The van der Waals surface area contributed by atoms with Crippen LogP contribution < -0.4 is 10.9 Å². The highest BCUT2D eigenvalue weighted by atomic mass is 32.1. The van der Waals surface area contributed by atoms with E-state index in [1.807, 2.05) is 13.8 Å². The zero-order valence-electron chi connectivity index (χ0n) is 16.6. The lowest BCUT2D eigenvalue weighted by atomic mass is 9.97. The van der Waals surface area contributed by atoms with Crippen LogP contribution in [0.3, 0.4) is 0 Å². The molecule has 0 aliphatic heterocycles. The number of H-pyrrole nitrogens is 1. The minimum Gasteiger partial charge on any atom is -0.467 e. The summed E-state index contributed by atoms with van der Waals surface area (Å²) in [6.45, 7) is 3.96. The molecule has 2 N–H and O–H groups in total. The van der Waals surface area contributed by atoms with E-state index in [2.05, 4.69) is 15.3 Å². The summed E-state index contributed by atoms with van der Waals surface area (Å²) in [4.78, 5) is 46.1. The predicted octanol–water partition coefficient (Wildman–Crippen LogP) is 2.50. The fraction of sp³-hybridized carbons (Fsp3) is 0.600.